The molecule has 1 aliphatic heterocycles. The van der Waals surface area contributed by atoms with Crippen molar-refractivity contribution in [2.75, 3.05) is 33.2 Å². The standard InChI is InChI=1S/C19H23ClN2O6S/c1-21-19(26)28-11-29-15-7-8-22(10-12(15)9-16(23)24)17(18(25)27-2)13-5-3-4-6-14(13)20/h3-6,9,15,17H,7-8,10-11H2,1-2H3,(H,21,26)(H,23,24)/b12-9-/t15?,17-/m0/s1. The average molecular weight is 443 g/mol. The van der Waals surface area contributed by atoms with Crippen LogP contribution in [0.5, 0.6) is 0 Å². The molecule has 1 aliphatic rings. The minimum Gasteiger partial charge on any atom is -0.478 e. The molecule has 1 fully saturated rings. The van der Waals surface area contributed by atoms with Crippen molar-refractivity contribution in [1.29, 1.82) is 0 Å². The Balaban J connectivity index is 2.22. The number of carbonyl (C=O) groups excluding carboxylic acids is 2. The summed E-state index contributed by atoms with van der Waals surface area (Å²) < 4.78 is 9.97. The quantitative estimate of drug-likeness (QED) is 0.377. The summed E-state index contributed by atoms with van der Waals surface area (Å²) in [7, 11) is 2.77. The lowest BCUT2D eigenvalue weighted by Crippen LogP contribution is -2.43. The molecule has 10 heteroatoms. The first kappa shape index (κ1) is 23.1. The highest BCUT2D eigenvalue weighted by Gasteiger charge is 2.35. The second-order valence-corrected chi connectivity index (χ2v) is 7.76. The summed E-state index contributed by atoms with van der Waals surface area (Å²) in [6.07, 6.45) is 1.16. The number of methoxy groups -OCH3 is 1. The number of benzene rings is 1. The Morgan fingerprint density at radius 3 is 2.76 bits per heavy atom. The van der Waals surface area contributed by atoms with Crippen LogP contribution in [0.15, 0.2) is 35.9 Å². The van der Waals surface area contributed by atoms with E-state index in [1.807, 2.05) is 4.90 Å². The molecule has 1 unspecified atom stereocenters. The molecular formula is C19H23ClN2O6S. The Hall–Kier alpha value is -2.23. The number of carboxylic acid groups (broad SMARTS) is 1. The summed E-state index contributed by atoms with van der Waals surface area (Å²) in [5, 5.41) is 11.9. The van der Waals surface area contributed by atoms with Crippen molar-refractivity contribution in [3.63, 3.8) is 0 Å². The zero-order valence-electron chi connectivity index (χ0n) is 16.1. The van der Waals surface area contributed by atoms with E-state index in [1.165, 1.54) is 25.9 Å². The van der Waals surface area contributed by atoms with Crippen LogP contribution < -0.4 is 5.32 Å². The van der Waals surface area contributed by atoms with Crippen molar-refractivity contribution in [1.82, 2.24) is 10.2 Å². The number of likely N-dealkylation sites (tertiary alicyclic amines) is 1. The van der Waals surface area contributed by atoms with Crippen LogP contribution in [-0.4, -0.2) is 66.5 Å². The highest BCUT2D eigenvalue weighted by atomic mass is 35.5. The van der Waals surface area contributed by atoms with Gasteiger partial charge in [-0.15, -0.1) is 11.8 Å². The van der Waals surface area contributed by atoms with Gasteiger partial charge in [0.2, 0.25) is 0 Å². The Morgan fingerprint density at radius 2 is 2.14 bits per heavy atom. The number of thioether (sulfide) groups is 1. The van der Waals surface area contributed by atoms with Crippen LogP contribution in [0.25, 0.3) is 0 Å². The fraction of sp³-hybridized carbons (Fsp3) is 0.421. The molecule has 0 spiro atoms. The molecule has 8 nitrogen and oxygen atoms in total. The SMILES string of the molecule is CNC(=O)OCSC1CCN([C@H](C(=O)OC)c2ccccc2Cl)C/C1=C/C(=O)O. The molecule has 29 heavy (non-hydrogen) atoms. The smallest absolute Gasteiger partial charge is 0.407 e. The lowest BCUT2D eigenvalue weighted by Gasteiger charge is -2.38. The van der Waals surface area contributed by atoms with Gasteiger partial charge in [0.15, 0.2) is 0 Å². The van der Waals surface area contributed by atoms with Crippen molar-refractivity contribution >= 4 is 41.4 Å². The number of nitrogens with one attached hydrogen (secondary N) is 1. The topological polar surface area (TPSA) is 105 Å². The number of carboxylic acids is 1. The van der Waals surface area contributed by atoms with Gasteiger partial charge in [-0.2, -0.15) is 0 Å². The summed E-state index contributed by atoms with van der Waals surface area (Å²) in [5.41, 5.74) is 1.22. The predicted molar refractivity (Wildman–Crippen MR) is 110 cm³/mol. The van der Waals surface area contributed by atoms with Crippen LogP contribution >= 0.6 is 23.4 Å². The van der Waals surface area contributed by atoms with E-state index in [1.54, 1.807) is 24.3 Å². The first-order valence-electron chi connectivity index (χ1n) is 8.83. The number of hydrogen-bond acceptors (Lipinski definition) is 7. The van der Waals surface area contributed by atoms with Gasteiger partial charge in [-0.05, 0) is 23.6 Å². The molecule has 0 saturated carbocycles. The van der Waals surface area contributed by atoms with Crippen LogP contribution in [0.2, 0.25) is 5.02 Å². The maximum atomic E-state index is 12.5. The fourth-order valence-corrected chi connectivity index (χ4v) is 4.32. The lowest BCUT2D eigenvalue weighted by molar-refractivity contribution is -0.147. The number of esters is 1. The van der Waals surface area contributed by atoms with E-state index in [-0.39, 0.29) is 17.7 Å². The molecular weight excluding hydrogens is 420 g/mol. The van der Waals surface area contributed by atoms with Crippen LogP contribution in [0, 0.1) is 0 Å². The van der Waals surface area contributed by atoms with Crippen molar-refractivity contribution in [2.45, 2.75) is 17.7 Å². The van der Waals surface area contributed by atoms with Crippen molar-refractivity contribution in [2.24, 2.45) is 0 Å². The summed E-state index contributed by atoms with van der Waals surface area (Å²) in [6.45, 7) is 0.758. The normalized spacial score (nSPS) is 19.4. The van der Waals surface area contributed by atoms with Crippen LogP contribution in [0.4, 0.5) is 4.79 Å². The number of amides is 1. The molecule has 158 valence electrons. The van der Waals surface area contributed by atoms with E-state index in [2.05, 4.69) is 5.32 Å². The van der Waals surface area contributed by atoms with E-state index >= 15 is 0 Å². The van der Waals surface area contributed by atoms with E-state index in [9.17, 15) is 19.5 Å². The number of halogens is 1. The van der Waals surface area contributed by atoms with Crippen molar-refractivity contribution in [3.8, 4) is 0 Å². The molecule has 0 aliphatic carbocycles. The number of piperidine rings is 1. The Kier molecular flexibility index (Phi) is 8.81. The highest BCUT2D eigenvalue weighted by molar-refractivity contribution is 7.99. The Bertz CT molecular complexity index is 788. The van der Waals surface area contributed by atoms with Gasteiger partial charge in [0.05, 0.1) is 7.11 Å². The van der Waals surface area contributed by atoms with Gasteiger partial charge in [0.25, 0.3) is 0 Å². The number of ether oxygens (including phenoxy) is 2. The van der Waals surface area contributed by atoms with Gasteiger partial charge in [0.1, 0.15) is 12.0 Å². The molecule has 1 aromatic rings. The zero-order chi connectivity index (χ0) is 21.4. The first-order valence-corrected chi connectivity index (χ1v) is 10.3. The molecule has 0 aromatic heterocycles. The van der Waals surface area contributed by atoms with E-state index in [0.717, 1.165) is 6.08 Å². The minimum absolute atomic E-state index is 0.0895. The number of hydrogen-bond donors (Lipinski definition) is 2. The fourth-order valence-electron chi connectivity index (χ4n) is 3.11. The van der Waals surface area contributed by atoms with Gasteiger partial charge in [0, 0.05) is 36.5 Å². The molecule has 2 rings (SSSR count). The van der Waals surface area contributed by atoms with Crippen molar-refractivity contribution in [3.05, 3.63) is 46.5 Å². The predicted octanol–water partition coefficient (Wildman–Crippen LogP) is 2.69. The maximum absolute atomic E-state index is 12.5. The lowest BCUT2D eigenvalue weighted by atomic mass is 9.98. The molecule has 2 atom stereocenters. The first-order chi connectivity index (χ1) is 13.9. The van der Waals surface area contributed by atoms with Crippen LogP contribution in [-0.2, 0) is 19.1 Å². The summed E-state index contributed by atoms with van der Waals surface area (Å²) in [6, 6.07) is 6.25. The molecule has 1 aromatic carbocycles. The Morgan fingerprint density at radius 1 is 1.41 bits per heavy atom. The van der Waals surface area contributed by atoms with Gasteiger partial charge >= 0.3 is 18.0 Å². The third kappa shape index (κ3) is 6.38. The van der Waals surface area contributed by atoms with E-state index < -0.39 is 24.1 Å². The number of aliphatic carboxylic acids is 1. The summed E-state index contributed by atoms with van der Waals surface area (Å²) in [5.74, 6) is -1.46. The number of alkyl carbamates (subject to hydrolysis) is 1. The van der Waals surface area contributed by atoms with Crippen LogP contribution in [0.1, 0.15) is 18.0 Å². The third-order valence-electron chi connectivity index (χ3n) is 4.44. The maximum Gasteiger partial charge on any atom is 0.407 e. The molecule has 1 heterocycles. The van der Waals surface area contributed by atoms with Crippen molar-refractivity contribution < 1.29 is 29.0 Å². The van der Waals surface area contributed by atoms with E-state index in [0.29, 0.717) is 29.1 Å². The van der Waals surface area contributed by atoms with Gasteiger partial charge in [-0.25, -0.2) is 14.4 Å². The third-order valence-corrected chi connectivity index (χ3v) is 5.98. The van der Waals surface area contributed by atoms with Crippen LogP contribution in [0.3, 0.4) is 0 Å². The zero-order valence-corrected chi connectivity index (χ0v) is 17.7. The molecule has 2 N–H and O–H groups in total. The molecule has 0 bridgehead atoms. The summed E-state index contributed by atoms with van der Waals surface area (Å²) in [4.78, 5) is 36.9. The molecule has 1 saturated heterocycles. The second kappa shape index (κ2) is 11.1. The largest absolute Gasteiger partial charge is 0.478 e. The monoisotopic (exact) mass is 442 g/mol. The minimum atomic E-state index is -1.08. The Labute approximate surface area is 178 Å². The highest BCUT2D eigenvalue weighted by Crippen LogP contribution is 2.35. The second-order valence-electron chi connectivity index (χ2n) is 6.22. The number of carbonyl (C=O) groups is 3. The number of rotatable bonds is 7. The van der Waals surface area contributed by atoms with Gasteiger partial charge in [-0.3, -0.25) is 4.90 Å². The molecule has 1 amide bonds. The average Bonchev–Trinajstić information content (AvgIpc) is 2.70. The number of nitrogens with zero attached hydrogens (tertiary/aromatic N) is 1. The molecule has 0 radical (unpaired) electrons. The summed E-state index contributed by atoms with van der Waals surface area (Å²) >= 11 is 7.63. The van der Waals surface area contributed by atoms with Gasteiger partial charge in [-0.1, -0.05) is 29.8 Å². The van der Waals surface area contributed by atoms with Gasteiger partial charge < -0.3 is 19.9 Å². The van der Waals surface area contributed by atoms with E-state index in [4.69, 9.17) is 21.1 Å².